The van der Waals surface area contributed by atoms with Gasteiger partial charge in [0.1, 0.15) is 11.6 Å². The average molecular weight is 530 g/mol. The molecular formula is C34H44FN3O. The van der Waals surface area contributed by atoms with E-state index < -0.39 is 0 Å². The van der Waals surface area contributed by atoms with Crippen LogP contribution in [0.5, 0.6) is 0 Å². The molecule has 3 aliphatic rings. The van der Waals surface area contributed by atoms with E-state index in [1.807, 2.05) is 48.4 Å². The molecule has 5 heteroatoms. The SMILES string of the molecule is Cc1cc(C2=CCC(CCCC(=O)N3CCN(c4ccccn4)CC3)C(C3CCCCC3)=CC2C)ccc1F. The number of hydrogen-bond acceptors (Lipinski definition) is 3. The Labute approximate surface area is 234 Å². The number of allylic oxidation sites excluding steroid dienone is 4. The first-order valence-corrected chi connectivity index (χ1v) is 15.1. The smallest absolute Gasteiger partial charge is 0.222 e. The van der Waals surface area contributed by atoms with Crippen molar-refractivity contribution in [2.45, 2.75) is 71.6 Å². The molecule has 1 aromatic heterocycles. The summed E-state index contributed by atoms with van der Waals surface area (Å²) in [6, 6.07) is 11.5. The lowest BCUT2D eigenvalue weighted by molar-refractivity contribution is -0.131. The number of carbonyl (C=O) groups excluding carboxylic acids is 1. The number of nitrogens with zero attached hydrogens (tertiary/aromatic N) is 3. The third-order valence-corrected chi connectivity index (χ3v) is 9.14. The molecule has 2 aromatic rings. The van der Waals surface area contributed by atoms with Crippen LogP contribution in [0.2, 0.25) is 0 Å². The molecular weight excluding hydrogens is 485 g/mol. The third kappa shape index (κ3) is 6.80. The van der Waals surface area contributed by atoms with E-state index in [4.69, 9.17) is 0 Å². The Bertz CT molecular complexity index is 1180. The van der Waals surface area contributed by atoms with E-state index in [0.29, 0.717) is 35.6 Å². The molecule has 2 heterocycles. The van der Waals surface area contributed by atoms with Gasteiger partial charge in [0.25, 0.3) is 0 Å². The Balaban J connectivity index is 1.22. The minimum absolute atomic E-state index is 0.139. The molecule has 2 atom stereocenters. The number of amides is 1. The van der Waals surface area contributed by atoms with Crippen molar-refractivity contribution in [2.24, 2.45) is 17.8 Å². The zero-order valence-electron chi connectivity index (χ0n) is 23.7. The van der Waals surface area contributed by atoms with Crippen LogP contribution in [0, 0.1) is 30.5 Å². The molecule has 0 bridgehead atoms. The largest absolute Gasteiger partial charge is 0.353 e. The van der Waals surface area contributed by atoms with Crippen LogP contribution in [0.25, 0.3) is 5.57 Å². The maximum absolute atomic E-state index is 14.0. The summed E-state index contributed by atoms with van der Waals surface area (Å²) in [6.45, 7) is 7.37. The molecule has 2 aliphatic carbocycles. The van der Waals surface area contributed by atoms with Crippen LogP contribution in [-0.4, -0.2) is 42.0 Å². The van der Waals surface area contributed by atoms with Crippen molar-refractivity contribution in [3.8, 4) is 0 Å². The van der Waals surface area contributed by atoms with Crippen LogP contribution in [0.3, 0.4) is 0 Å². The standard InChI is InChI=1S/C34H44FN3O/c1-25-24-31(27-9-4-3-5-10-27)28(14-16-30(25)29-15-17-32(35)26(2)23-29)11-8-13-34(39)38-21-19-37(20-22-38)33-12-6-7-18-36-33/h6-7,12,15-18,23-25,27-28H,3-5,8-11,13-14,19-22H2,1-2H3. The van der Waals surface area contributed by atoms with Gasteiger partial charge in [-0.3, -0.25) is 4.79 Å². The number of rotatable bonds is 7. The van der Waals surface area contributed by atoms with Crippen LogP contribution >= 0.6 is 0 Å². The molecule has 0 spiro atoms. The van der Waals surface area contributed by atoms with Crippen LogP contribution < -0.4 is 4.90 Å². The predicted octanol–water partition coefficient (Wildman–Crippen LogP) is 7.59. The van der Waals surface area contributed by atoms with Crippen molar-refractivity contribution < 1.29 is 9.18 Å². The fourth-order valence-corrected chi connectivity index (χ4v) is 6.88. The Morgan fingerprint density at radius 2 is 1.85 bits per heavy atom. The normalized spacial score (nSPS) is 22.7. The summed E-state index contributed by atoms with van der Waals surface area (Å²) in [4.78, 5) is 21.9. The summed E-state index contributed by atoms with van der Waals surface area (Å²) in [5.41, 5.74) is 4.79. The molecule has 2 fully saturated rings. The second-order valence-corrected chi connectivity index (χ2v) is 11.8. The number of aryl methyl sites for hydroxylation is 1. The van der Waals surface area contributed by atoms with Gasteiger partial charge in [0.2, 0.25) is 5.91 Å². The molecule has 1 aliphatic heterocycles. The van der Waals surface area contributed by atoms with Crippen molar-refractivity contribution >= 4 is 17.3 Å². The lowest BCUT2D eigenvalue weighted by Gasteiger charge is -2.35. The topological polar surface area (TPSA) is 36.4 Å². The summed E-state index contributed by atoms with van der Waals surface area (Å²) < 4.78 is 14.0. The molecule has 0 N–H and O–H groups in total. The summed E-state index contributed by atoms with van der Waals surface area (Å²) in [7, 11) is 0. The summed E-state index contributed by atoms with van der Waals surface area (Å²) in [5, 5.41) is 0. The molecule has 39 heavy (non-hydrogen) atoms. The Hall–Kier alpha value is -2.95. The van der Waals surface area contributed by atoms with E-state index in [1.54, 1.807) is 11.6 Å². The fraction of sp³-hybridized carbons (Fsp3) is 0.529. The highest BCUT2D eigenvalue weighted by atomic mass is 19.1. The van der Waals surface area contributed by atoms with Crippen molar-refractivity contribution in [3.63, 3.8) is 0 Å². The highest BCUT2D eigenvalue weighted by Crippen LogP contribution is 2.42. The summed E-state index contributed by atoms with van der Waals surface area (Å²) in [6.07, 6.45) is 17.0. The molecule has 5 rings (SSSR count). The fourth-order valence-electron chi connectivity index (χ4n) is 6.88. The number of halogens is 1. The molecule has 1 saturated heterocycles. The highest BCUT2D eigenvalue weighted by Gasteiger charge is 2.28. The zero-order valence-corrected chi connectivity index (χ0v) is 23.7. The lowest BCUT2D eigenvalue weighted by Crippen LogP contribution is -2.49. The van der Waals surface area contributed by atoms with Crippen molar-refractivity contribution in [3.05, 3.63) is 77.3 Å². The molecule has 0 radical (unpaired) electrons. The first kappa shape index (κ1) is 27.6. The van der Waals surface area contributed by atoms with Crippen LogP contribution in [-0.2, 0) is 4.79 Å². The predicted molar refractivity (Wildman–Crippen MR) is 158 cm³/mol. The minimum atomic E-state index is -0.139. The molecule has 1 saturated carbocycles. The first-order chi connectivity index (χ1) is 19.0. The van der Waals surface area contributed by atoms with Crippen LogP contribution in [0.4, 0.5) is 10.2 Å². The van der Waals surface area contributed by atoms with Gasteiger partial charge in [0.05, 0.1) is 0 Å². The van der Waals surface area contributed by atoms with Gasteiger partial charge in [-0.05, 0) is 97.7 Å². The number of anilines is 1. The van der Waals surface area contributed by atoms with Crippen molar-refractivity contribution in [1.82, 2.24) is 9.88 Å². The van der Waals surface area contributed by atoms with E-state index in [1.165, 1.54) is 37.7 Å². The van der Waals surface area contributed by atoms with E-state index in [0.717, 1.165) is 56.8 Å². The van der Waals surface area contributed by atoms with Gasteiger partial charge in [-0.2, -0.15) is 0 Å². The Morgan fingerprint density at radius 3 is 2.56 bits per heavy atom. The summed E-state index contributed by atoms with van der Waals surface area (Å²) in [5.74, 6) is 2.62. The molecule has 2 unspecified atom stereocenters. The molecule has 1 amide bonds. The van der Waals surface area contributed by atoms with Crippen LogP contribution in [0.1, 0.15) is 75.8 Å². The number of hydrogen-bond donors (Lipinski definition) is 0. The Kier molecular flexibility index (Phi) is 9.16. The van der Waals surface area contributed by atoms with Crippen molar-refractivity contribution in [1.29, 1.82) is 0 Å². The molecule has 1 aromatic carbocycles. The monoisotopic (exact) mass is 529 g/mol. The Morgan fingerprint density at radius 1 is 1.05 bits per heavy atom. The van der Waals surface area contributed by atoms with Gasteiger partial charge in [0.15, 0.2) is 0 Å². The molecule has 208 valence electrons. The maximum atomic E-state index is 14.0. The van der Waals surface area contributed by atoms with E-state index in [2.05, 4.69) is 29.0 Å². The average Bonchev–Trinajstić information content (AvgIpc) is 3.14. The third-order valence-electron chi connectivity index (χ3n) is 9.14. The number of pyridine rings is 1. The van der Waals surface area contributed by atoms with Crippen molar-refractivity contribution in [2.75, 3.05) is 31.1 Å². The van der Waals surface area contributed by atoms with Gasteiger partial charge < -0.3 is 9.80 Å². The number of aromatic nitrogens is 1. The number of piperazine rings is 1. The number of carbonyl (C=O) groups is 1. The van der Waals surface area contributed by atoms with E-state index >= 15 is 0 Å². The maximum Gasteiger partial charge on any atom is 0.222 e. The highest BCUT2D eigenvalue weighted by molar-refractivity contribution is 5.76. The van der Waals surface area contributed by atoms with E-state index in [-0.39, 0.29) is 5.82 Å². The summed E-state index contributed by atoms with van der Waals surface area (Å²) >= 11 is 0. The van der Waals surface area contributed by atoms with E-state index in [9.17, 15) is 9.18 Å². The van der Waals surface area contributed by atoms with Gasteiger partial charge in [-0.15, -0.1) is 0 Å². The second-order valence-electron chi connectivity index (χ2n) is 11.8. The second kappa shape index (κ2) is 12.9. The first-order valence-electron chi connectivity index (χ1n) is 15.1. The lowest BCUT2D eigenvalue weighted by atomic mass is 9.75. The zero-order chi connectivity index (χ0) is 27.2. The number of benzene rings is 1. The quantitative estimate of drug-likeness (QED) is 0.347. The minimum Gasteiger partial charge on any atom is -0.353 e. The van der Waals surface area contributed by atoms with Gasteiger partial charge in [0, 0.05) is 38.8 Å². The molecule has 4 nitrogen and oxygen atoms in total. The van der Waals surface area contributed by atoms with Gasteiger partial charge in [-0.1, -0.05) is 56.0 Å². The van der Waals surface area contributed by atoms with Gasteiger partial charge >= 0.3 is 0 Å². The van der Waals surface area contributed by atoms with Crippen LogP contribution in [0.15, 0.2) is 60.3 Å². The van der Waals surface area contributed by atoms with Gasteiger partial charge in [-0.25, -0.2) is 9.37 Å².